The first-order valence-electron chi connectivity index (χ1n) is 6.77. The first kappa shape index (κ1) is 18.3. The number of nitro groups is 1. The number of hydrogen-bond acceptors (Lipinski definition) is 7. The summed E-state index contributed by atoms with van der Waals surface area (Å²) >= 11 is 6.11. The van der Waals surface area contributed by atoms with E-state index in [2.05, 4.69) is 16.2 Å². The van der Waals surface area contributed by atoms with Gasteiger partial charge in [0.1, 0.15) is 0 Å². The molecule has 3 N–H and O–H groups in total. The van der Waals surface area contributed by atoms with Gasteiger partial charge in [0.25, 0.3) is 11.8 Å². The Kier molecular flexibility index (Phi) is 6.37. The largest absolute Gasteiger partial charge is 0.477 e. The molecule has 0 atom stereocenters. The highest BCUT2D eigenvalue weighted by Gasteiger charge is 2.15. The monoisotopic (exact) mass is 380 g/mol. The van der Waals surface area contributed by atoms with Gasteiger partial charge in [0.05, 0.1) is 9.80 Å². The van der Waals surface area contributed by atoms with Crippen molar-refractivity contribution in [1.29, 1.82) is 0 Å². The van der Waals surface area contributed by atoms with Crippen molar-refractivity contribution in [1.82, 2.24) is 16.2 Å². The van der Waals surface area contributed by atoms with Crippen molar-refractivity contribution in [2.75, 3.05) is 6.61 Å². The molecule has 0 unspecified atom stereocenters. The molecule has 0 fully saturated rings. The maximum Gasteiger partial charge on any atom is 0.310 e. The number of thiophene rings is 1. The lowest BCUT2D eigenvalue weighted by Crippen LogP contribution is -2.49. The standard InChI is InChI=1S/C14H12N4O5S2/c19-12(8-23-10-5-2-1-4-9(10)18(21)22)15-14(24)17-16-13(20)11-6-3-7-25-11/h1-7H,8H2,(H,16,20)(H2,15,17,19,24). The molecule has 0 aliphatic heterocycles. The van der Waals surface area contributed by atoms with Gasteiger partial charge in [-0.25, -0.2) is 0 Å². The summed E-state index contributed by atoms with van der Waals surface area (Å²) in [6.07, 6.45) is 0. The minimum atomic E-state index is -0.638. The number of amides is 2. The van der Waals surface area contributed by atoms with E-state index < -0.39 is 23.3 Å². The predicted octanol–water partition coefficient (Wildman–Crippen LogP) is 1.37. The molecule has 2 rings (SSSR count). The van der Waals surface area contributed by atoms with Crippen LogP contribution in [0.2, 0.25) is 0 Å². The van der Waals surface area contributed by atoms with Gasteiger partial charge in [-0.1, -0.05) is 18.2 Å². The minimum Gasteiger partial charge on any atom is -0.477 e. The van der Waals surface area contributed by atoms with Crippen molar-refractivity contribution in [3.05, 3.63) is 56.8 Å². The fourth-order valence-corrected chi connectivity index (χ4v) is 2.43. The third-order valence-corrected chi connectivity index (χ3v) is 3.78. The number of rotatable bonds is 5. The number of hydrogen-bond donors (Lipinski definition) is 3. The van der Waals surface area contributed by atoms with Crippen molar-refractivity contribution in [2.24, 2.45) is 0 Å². The van der Waals surface area contributed by atoms with Gasteiger partial charge in [-0.05, 0) is 29.7 Å². The van der Waals surface area contributed by atoms with Crippen molar-refractivity contribution in [2.45, 2.75) is 0 Å². The Morgan fingerprint density at radius 3 is 2.64 bits per heavy atom. The van der Waals surface area contributed by atoms with Crippen LogP contribution in [0, 0.1) is 10.1 Å². The molecule has 1 aromatic carbocycles. The van der Waals surface area contributed by atoms with Crippen molar-refractivity contribution < 1.29 is 19.2 Å². The molecule has 0 bridgehead atoms. The molecule has 1 heterocycles. The molecule has 0 saturated heterocycles. The van der Waals surface area contributed by atoms with Gasteiger partial charge in [-0.3, -0.25) is 35.9 Å². The molecule has 2 aromatic rings. The number of para-hydroxylation sites is 2. The van der Waals surface area contributed by atoms with E-state index in [4.69, 9.17) is 17.0 Å². The van der Waals surface area contributed by atoms with E-state index in [-0.39, 0.29) is 16.5 Å². The summed E-state index contributed by atoms with van der Waals surface area (Å²) < 4.78 is 5.12. The summed E-state index contributed by atoms with van der Waals surface area (Å²) in [5, 5.41) is 14.7. The van der Waals surface area contributed by atoms with Crippen LogP contribution in [0.25, 0.3) is 0 Å². The Balaban J connectivity index is 1.77. The fraction of sp³-hybridized carbons (Fsp3) is 0.0714. The summed E-state index contributed by atoms with van der Waals surface area (Å²) in [5.41, 5.74) is 4.44. The second kappa shape index (κ2) is 8.70. The van der Waals surface area contributed by atoms with E-state index in [0.29, 0.717) is 4.88 Å². The lowest BCUT2D eigenvalue weighted by molar-refractivity contribution is -0.385. The Morgan fingerprint density at radius 1 is 1.20 bits per heavy atom. The highest BCUT2D eigenvalue weighted by Crippen LogP contribution is 2.25. The van der Waals surface area contributed by atoms with Crippen LogP contribution in [0.5, 0.6) is 5.75 Å². The van der Waals surface area contributed by atoms with Gasteiger partial charge in [-0.2, -0.15) is 0 Å². The number of benzene rings is 1. The third-order valence-electron chi connectivity index (χ3n) is 2.71. The van der Waals surface area contributed by atoms with Crippen LogP contribution in [-0.2, 0) is 4.79 Å². The van der Waals surface area contributed by atoms with Crippen LogP contribution in [-0.4, -0.2) is 28.5 Å². The number of ether oxygens (including phenoxy) is 1. The average molecular weight is 380 g/mol. The quantitative estimate of drug-likeness (QED) is 0.407. The van der Waals surface area contributed by atoms with Crippen LogP contribution in [0.3, 0.4) is 0 Å². The van der Waals surface area contributed by atoms with Crippen LogP contribution < -0.4 is 20.9 Å². The number of carbonyl (C=O) groups is 2. The van der Waals surface area contributed by atoms with Crippen molar-refractivity contribution >= 4 is 46.2 Å². The molecule has 0 aliphatic rings. The molecule has 9 nitrogen and oxygen atoms in total. The van der Waals surface area contributed by atoms with E-state index in [1.807, 2.05) is 0 Å². The maximum absolute atomic E-state index is 11.7. The van der Waals surface area contributed by atoms with Gasteiger partial charge in [0.2, 0.25) is 0 Å². The fourth-order valence-electron chi connectivity index (χ4n) is 1.65. The number of thiocarbonyl (C=S) groups is 1. The van der Waals surface area contributed by atoms with Crippen LogP contribution in [0.1, 0.15) is 9.67 Å². The third kappa shape index (κ3) is 5.51. The number of nitrogens with zero attached hydrogens (tertiary/aromatic N) is 1. The lowest BCUT2D eigenvalue weighted by atomic mass is 10.3. The number of nitro benzene ring substituents is 1. The van der Waals surface area contributed by atoms with E-state index in [9.17, 15) is 19.7 Å². The zero-order valence-corrected chi connectivity index (χ0v) is 14.2. The summed E-state index contributed by atoms with van der Waals surface area (Å²) in [6, 6.07) is 9.03. The van der Waals surface area contributed by atoms with Gasteiger partial charge in [-0.15, -0.1) is 11.3 Å². The zero-order chi connectivity index (χ0) is 18.2. The summed E-state index contributed by atoms with van der Waals surface area (Å²) in [4.78, 5) is 34.1. The number of nitrogens with one attached hydrogen (secondary N) is 3. The topological polar surface area (TPSA) is 123 Å². The second-order valence-electron chi connectivity index (χ2n) is 4.45. The molecule has 0 aliphatic carbocycles. The molecule has 130 valence electrons. The molecule has 2 amide bonds. The smallest absolute Gasteiger partial charge is 0.310 e. The number of carbonyl (C=O) groups excluding carboxylic acids is 2. The SMILES string of the molecule is O=C(COc1ccccc1[N+](=O)[O-])NC(=S)NNC(=O)c1cccs1. The lowest BCUT2D eigenvalue weighted by Gasteiger charge is -2.10. The molecule has 25 heavy (non-hydrogen) atoms. The highest BCUT2D eigenvalue weighted by molar-refractivity contribution is 7.80. The summed E-state index contributed by atoms with van der Waals surface area (Å²) in [6.45, 7) is -0.481. The van der Waals surface area contributed by atoms with E-state index in [1.165, 1.54) is 29.5 Å². The molecular weight excluding hydrogens is 368 g/mol. The molecule has 0 spiro atoms. The Morgan fingerprint density at radius 2 is 1.96 bits per heavy atom. The molecule has 0 radical (unpaired) electrons. The van der Waals surface area contributed by atoms with Crippen LogP contribution in [0.15, 0.2) is 41.8 Å². The van der Waals surface area contributed by atoms with Crippen molar-refractivity contribution in [3.8, 4) is 5.75 Å². The van der Waals surface area contributed by atoms with E-state index in [0.717, 1.165) is 0 Å². The maximum atomic E-state index is 11.7. The first-order valence-corrected chi connectivity index (χ1v) is 8.06. The Bertz CT molecular complexity index is 794. The number of hydrazine groups is 1. The van der Waals surface area contributed by atoms with E-state index in [1.54, 1.807) is 23.6 Å². The van der Waals surface area contributed by atoms with E-state index >= 15 is 0 Å². The summed E-state index contributed by atoms with van der Waals surface area (Å²) in [7, 11) is 0. The van der Waals surface area contributed by atoms with Gasteiger partial charge in [0, 0.05) is 6.07 Å². The van der Waals surface area contributed by atoms with Crippen molar-refractivity contribution in [3.63, 3.8) is 0 Å². The van der Waals surface area contributed by atoms with Gasteiger partial charge >= 0.3 is 5.69 Å². The second-order valence-corrected chi connectivity index (χ2v) is 5.80. The predicted molar refractivity (Wildman–Crippen MR) is 94.3 cm³/mol. The average Bonchev–Trinajstić information content (AvgIpc) is 3.12. The first-order chi connectivity index (χ1) is 12.0. The van der Waals surface area contributed by atoms with Crippen LogP contribution >= 0.6 is 23.6 Å². The highest BCUT2D eigenvalue weighted by atomic mass is 32.1. The molecule has 11 heteroatoms. The summed E-state index contributed by atoms with van der Waals surface area (Å²) in [5.74, 6) is -1.07. The molecular formula is C14H12N4O5S2. The Hall–Kier alpha value is -3.05. The molecule has 1 aromatic heterocycles. The normalized spacial score (nSPS) is 9.76. The molecule has 0 saturated carbocycles. The Labute approximate surface area is 151 Å². The zero-order valence-electron chi connectivity index (χ0n) is 12.6. The van der Waals surface area contributed by atoms with Crippen LogP contribution in [0.4, 0.5) is 5.69 Å². The van der Waals surface area contributed by atoms with Gasteiger partial charge < -0.3 is 4.74 Å². The minimum absolute atomic E-state index is 0.0347. The van der Waals surface area contributed by atoms with Gasteiger partial charge in [0.15, 0.2) is 17.5 Å².